The largest absolute Gasteiger partial charge is 0.380 e. The van der Waals surface area contributed by atoms with Crippen LogP contribution in [0.2, 0.25) is 0 Å². The maximum atomic E-state index is 12.9. The van der Waals surface area contributed by atoms with Gasteiger partial charge in [0.25, 0.3) is 11.8 Å². The molecule has 1 heterocycles. The summed E-state index contributed by atoms with van der Waals surface area (Å²) in [7, 11) is 1.64. The van der Waals surface area contributed by atoms with Gasteiger partial charge in [-0.25, -0.2) is 0 Å². The van der Waals surface area contributed by atoms with Crippen molar-refractivity contribution in [2.75, 3.05) is 33.2 Å². The van der Waals surface area contributed by atoms with Gasteiger partial charge in [0.05, 0.1) is 0 Å². The first-order valence-corrected chi connectivity index (χ1v) is 11.1. The predicted octanol–water partition coefficient (Wildman–Crippen LogP) is 1.84. The van der Waals surface area contributed by atoms with Crippen molar-refractivity contribution in [3.05, 3.63) is 59.7 Å². The van der Waals surface area contributed by atoms with Crippen molar-refractivity contribution >= 4 is 17.7 Å². The molecule has 1 saturated heterocycles. The minimum absolute atomic E-state index is 0.0203. The van der Waals surface area contributed by atoms with Crippen LogP contribution in [-0.2, 0) is 16.0 Å². The van der Waals surface area contributed by atoms with E-state index in [0.717, 1.165) is 16.7 Å². The van der Waals surface area contributed by atoms with E-state index in [-0.39, 0.29) is 17.7 Å². The highest BCUT2D eigenvalue weighted by Gasteiger charge is 2.50. The third kappa shape index (κ3) is 4.83. The standard InChI is InChI=1S/C25H29N3O4/c1-26-22(29)10-5-18-3-2-4-21(17-18)19-6-8-20(9-7-19)23(30)27-13-15-28(16-14-27)24(31)25(32)11-12-25/h2-4,6-9,17,32H,5,10-16H2,1H3,(H,26,29). The molecule has 0 aromatic heterocycles. The average Bonchev–Trinajstić information content (AvgIpc) is 3.60. The summed E-state index contributed by atoms with van der Waals surface area (Å²) in [5.74, 6) is -0.230. The summed E-state index contributed by atoms with van der Waals surface area (Å²) < 4.78 is 0. The number of aryl methyl sites for hydroxylation is 1. The van der Waals surface area contributed by atoms with Crippen LogP contribution < -0.4 is 5.32 Å². The molecule has 32 heavy (non-hydrogen) atoms. The Morgan fingerprint density at radius 1 is 0.938 bits per heavy atom. The van der Waals surface area contributed by atoms with E-state index in [4.69, 9.17) is 0 Å². The summed E-state index contributed by atoms with van der Waals surface area (Å²) >= 11 is 0. The molecule has 2 aromatic carbocycles. The molecule has 2 N–H and O–H groups in total. The first-order chi connectivity index (χ1) is 15.4. The maximum Gasteiger partial charge on any atom is 0.254 e. The van der Waals surface area contributed by atoms with Crippen molar-refractivity contribution in [2.45, 2.75) is 31.3 Å². The first kappa shape index (κ1) is 22.0. The molecule has 0 bridgehead atoms. The topological polar surface area (TPSA) is 90.0 Å². The Morgan fingerprint density at radius 2 is 1.59 bits per heavy atom. The van der Waals surface area contributed by atoms with E-state index < -0.39 is 5.60 Å². The second-order valence-electron chi connectivity index (χ2n) is 8.57. The second kappa shape index (κ2) is 9.12. The molecule has 2 aromatic rings. The fourth-order valence-corrected chi connectivity index (χ4v) is 4.02. The molecule has 0 atom stereocenters. The molecule has 2 fully saturated rings. The maximum absolute atomic E-state index is 12.9. The van der Waals surface area contributed by atoms with Crippen LogP contribution in [0.5, 0.6) is 0 Å². The highest BCUT2D eigenvalue weighted by Crippen LogP contribution is 2.37. The van der Waals surface area contributed by atoms with Crippen LogP contribution >= 0.6 is 0 Å². The zero-order chi connectivity index (χ0) is 22.7. The minimum atomic E-state index is -1.15. The fraction of sp³-hybridized carbons (Fsp3) is 0.400. The lowest BCUT2D eigenvalue weighted by Gasteiger charge is -2.35. The number of piperazine rings is 1. The summed E-state index contributed by atoms with van der Waals surface area (Å²) in [4.78, 5) is 40.1. The van der Waals surface area contributed by atoms with Crippen LogP contribution in [0, 0.1) is 0 Å². The van der Waals surface area contributed by atoms with E-state index in [0.29, 0.717) is 57.4 Å². The number of nitrogens with one attached hydrogen (secondary N) is 1. The first-order valence-electron chi connectivity index (χ1n) is 11.1. The van der Waals surface area contributed by atoms with Gasteiger partial charge < -0.3 is 20.2 Å². The zero-order valence-corrected chi connectivity index (χ0v) is 18.3. The molecule has 1 aliphatic heterocycles. The second-order valence-corrected chi connectivity index (χ2v) is 8.57. The van der Waals surface area contributed by atoms with Crippen LogP contribution in [0.1, 0.15) is 35.2 Å². The van der Waals surface area contributed by atoms with Gasteiger partial charge in [-0.05, 0) is 48.1 Å². The summed E-state index contributed by atoms with van der Waals surface area (Å²) in [5.41, 5.74) is 2.61. The number of nitrogens with zero attached hydrogens (tertiary/aromatic N) is 2. The zero-order valence-electron chi connectivity index (χ0n) is 18.3. The van der Waals surface area contributed by atoms with Crippen LogP contribution in [0.15, 0.2) is 48.5 Å². The predicted molar refractivity (Wildman–Crippen MR) is 121 cm³/mol. The lowest BCUT2D eigenvalue weighted by molar-refractivity contribution is -0.143. The monoisotopic (exact) mass is 435 g/mol. The van der Waals surface area contributed by atoms with Gasteiger partial charge in [0.2, 0.25) is 5.91 Å². The van der Waals surface area contributed by atoms with E-state index in [1.165, 1.54) is 0 Å². The van der Waals surface area contributed by atoms with E-state index >= 15 is 0 Å². The summed E-state index contributed by atoms with van der Waals surface area (Å²) in [5, 5.41) is 12.7. The van der Waals surface area contributed by atoms with Crippen LogP contribution in [0.25, 0.3) is 11.1 Å². The third-order valence-electron chi connectivity index (χ3n) is 6.29. The Kier molecular flexibility index (Phi) is 6.28. The summed E-state index contributed by atoms with van der Waals surface area (Å²) in [6.45, 7) is 1.84. The summed E-state index contributed by atoms with van der Waals surface area (Å²) in [6.07, 6.45) is 2.20. The Bertz CT molecular complexity index is 1010. The molecule has 3 amide bonds. The lowest BCUT2D eigenvalue weighted by Crippen LogP contribution is -2.53. The SMILES string of the molecule is CNC(=O)CCc1cccc(-c2ccc(C(=O)N3CCN(C(=O)C4(O)CC4)CC3)cc2)c1. The fourth-order valence-electron chi connectivity index (χ4n) is 4.02. The van der Waals surface area contributed by atoms with E-state index in [9.17, 15) is 19.5 Å². The van der Waals surface area contributed by atoms with Gasteiger partial charge in [0.1, 0.15) is 5.60 Å². The molecule has 0 unspecified atom stereocenters. The van der Waals surface area contributed by atoms with Gasteiger partial charge in [-0.15, -0.1) is 0 Å². The molecule has 0 radical (unpaired) electrons. The van der Waals surface area contributed by atoms with Crippen molar-refractivity contribution in [3.63, 3.8) is 0 Å². The molecule has 1 aliphatic carbocycles. The molecule has 0 spiro atoms. The smallest absolute Gasteiger partial charge is 0.254 e. The Balaban J connectivity index is 1.36. The van der Waals surface area contributed by atoms with Gasteiger partial charge in [-0.3, -0.25) is 14.4 Å². The van der Waals surface area contributed by atoms with Crippen LogP contribution in [0.3, 0.4) is 0 Å². The lowest BCUT2D eigenvalue weighted by atomic mass is 9.99. The Labute approximate surface area is 188 Å². The van der Waals surface area contributed by atoms with Gasteiger partial charge in [0.15, 0.2) is 0 Å². The Hall–Kier alpha value is -3.19. The van der Waals surface area contributed by atoms with Crippen molar-refractivity contribution in [1.82, 2.24) is 15.1 Å². The van der Waals surface area contributed by atoms with E-state index in [1.807, 2.05) is 42.5 Å². The minimum Gasteiger partial charge on any atom is -0.380 e. The number of amides is 3. The summed E-state index contributed by atoms with van der Waals surface area (Å²) in [6, 6.07) is 15.6. The van der Waals surface area contributed by atoms with Crippen LogP contribution in [-0.4, -0.2) is 71.5 Å². The quantitative estimate of drug-likeness (QED) is 0.725. The molecule has 4 rings (SSSR count). The van der Waals surface area contributed by atoms with Gasteiger partial charge in [-0.2, -0.15) is 0 Å². The van der Waals surface area contributed by atoms with Crippen molar-refractivity contribution < 1.29 is 19.5 Å². The van der Waals surface area contributed by atoms with Crippen LogP contribution in [0.4, 0.5) is 0 Å². The molecule has 7 nitrogen and oxygen atoms in total. The van der Waals surface area contributed by atoms with Crippen molar-refractivity contribution in [2.24, 2.45) is 0 Å². The highest BCUT2D eigenvalue weighted by atomic mass is 16.3. The number of hydrogen-bond acceptors (Lipinski definition) is 4. The number of hydrogen-bond donors (Lipinski definition) is 2. The van der Waals surface area contributed by atoms with Gasteiger partial charge in [0, 0.05) is 45.2 Å². The Morgan fingerprint density at radius 3 is 2.22 bits per heavy atom. The normalized spacial score (nSPS) is 17.1. The number of aliphatic hydroxyl groups is 1. The third-order valence-corrected chi connectivity index (χ3v) is 6.29. The van der Waals surface area contributed by atoms with Gasteiger partial charge >= 0.3 is 0 Å². The van der Waals surface area contributed by atoms with Crippen molar-refractivity contribution in [1.29, 1.82) is 0 Å². The highest BCUT2D eigenvalue weighted by molar-refractivity contribution is 5.95. The molecular weight excluding hydrogens is 406 g/mol. The van der Waals surface area contributed by atoms with E-state index in [2.05, 4.69) is 11.4 Å². The average molecular weight is 436 g/mol. The molecular formula is C25H29N3O4. The van der Waals surface area contributed by atoms with Crippen molar-refractivity contribution in [3.8, 4) is 11.1 Å². The number of carbonyl (C=O) groups excluding carboxylic acids is 3. The molecule has 168 valence electrons. The molecule has 2 aliphatic rings. The molecule has 1 saturated carbocycles. The number of benzene rings is 2. The number of rotatable bonds is 6. The molecule has 7 heteroatoms. The van der Waals surface area contributed by atoms with E-state index in [1.54, 1.807) is 16.8 Å². The van der Waals surface area contributed by atoms with Gasteiger partial charge in [-0.1, -0.05) is 36.4 Å². The number of carbonyl (C=O) groups is 3.